The highest BCUT2D eigenvalue weighted by Crippen LogP contribution is 2.27. The standard InChI is InChI=1S/C18H21N7O/c1-26-15-6-4-14(5-7-15)12-22-17-16(21)18(24-13-23-17)25(10-2-8-19)11-3-9-20/h4-7,13H,2-3,10-12,21H2,1H3,(H,22,23,24). The van der Waals surface area contributed by atoms with E-state index in [0.29, 0.717) is 49.8 Å². The highest BCUT2D eigenvalue weighted by molar-refractivity contribution is 5.75. The van der Waals surface area contributed by atoms with Crippen LogP contribution in [-0.4, -0.2) is 30.2 Å². The van der Waals surface area contributed by atoms with Gasteiger partial charge in [0.05, 0.1) is 32.1 Å². The molecule has 0 saturated carbocycles. The highest BCUT2D eigenvalue weighted by atomic mass is 16.5. The normalized spacial score (nSPS) is 9.81. The molecule has 0 spiro atoms. The number of methoxy groups -OCH3 is 1. The Hall–Kier alpha value is -3.52. The molecule has 0 bridgehead atoms. The van der Waals surface area contributed by atoms with Crippen molar-refractivity contribution < 1.29 is 4.74 Å². The summed E-state index contributed by atoms with van der Waals surface area (Å²) in [5.41, 5.74) is 7.67. The lowest BCUT2D eigenvalue weighted by atomic mass is 10.2. The Bertz CT molecular complexity index is 775. The lowest BCUT2D eigenvalue weighted by Crippen LogP contribution is -2.27. The molecule has 0 radical (unpaired) electrons. The highest BCUT2D eigenvalue weighted by Gasteiger charge is 2.15. The molecule has 0 aliphatic rings. The number of nitrogens with two attached hydrogens (primary N) is 1. The van der Waals surface area contributed by atoms with Crippen LogP contribution in [0.2, 0.25) is 0 Å². The summed E-state index contributed by atoms with van der Waals surface area (Å²) in [6, 6.07) is 11.9. The molecule has 0 fully saturated rings. The fourth-order valence-electron chi connectivity index (χ4n) is 2.40. The van der Waals surface area contributed by atoms with E-state index in [1.54, 1.807) is 7.11 Å². The first kappa shape index (κ1) is 18.8. The first-order valence-electron chi connectivity index (χ1n) is 8.15. The van der Waals surface area contributed by atoms with Crippen LogP contribution < -0.4 is 20.7 Å². The van der Waals surface area contributed by atoms with Crippen LogP contribution in [0, 0.1) is 22.7 Å². The number of benzene rings is 1. The number of hydrogen-bond donors (Lipinski definition) is 2. The van der Waals surface area contributed by atoms with Crippen molar-refractivity contribution in [3.05, 3.63) is 36.2 Å². The number of aromatic nitrogens is 2. The SMILES string of the molecule is COc1ccc(CNc2ncnc(N(CCC#N)CCC#N)c2N)cc1. The van der Waals surface area contributed by atoms with Crippen molar-refractivity contribution in [3.8, 4) is 17.9 Å². The molecule has 8 nitrogen and oxygen atoms in total. The molecule has 0 aliphatic heterocycles. The van der Waals surface area contributed by atoms with E-state index in [1.165, 1.54) is 6.33 Å². The third-order valence-corrected chi connectivity index (χ3v) is 3.77. The Labute approximate surface area is 152 Å². The summed E-state index contributed by atoms with van der Waals surface area (Å²) in [6.45, 7) is 1.45. The third kappa shape index (κ3) is 4.99. The van der Waals surface area contributed by atoms with Crippen molar-refractivity contribution in [1.82, 2.24) is 9.97 Å². The molecule has 2 aromatic rings. The van der Waals surface area contributed by atoms with Gasteiger partial charge in [-0.25, -0.2) is 9.97 Å². The van der Waals surface area contributed by atoms with E-state index in [4.69, 9.17) is 21.0 Å². The number of anilines is 3. The molecule has 0 aliphatic carbocycles. The van der Waals surface area contributed by atoms with Gasteiger partial charge in [-0.15, -0.1) is 0 Å². The summed E-state index contributed by atoms with van der Waals surface area (Å²) in [6.07, 6.45) is 2.07. The second-order valence-corrected chi connectivity index (χ2v) is 5.46. The topological polar surface area (TPSA) is 124 Å². The predicted octanol–water partition coefficient (Wildman–Crippen LogP) is 2.31. The molecule has 1 heterocycles. The van der Waals surface area contributed by atoms with E-state index in [9.17, 15) is 0 Å². The van der Waals surface area contributed by atoms with Crippen molar-refractivity contribution in [2.45, 2.75) is 19.4 Å². The van der Waals surface area contributed by atoms with Crippen LogP contribution in [0.1, 0.15) is 18.4 Å². The maximum atomic E-state index is 8.83. The van der Waals surface area contributed by atoms with Crippen LogP contribution in [-0.2, 0) is 6.54 Å². The van der Waals surface area contributed by atoms with Gasteiger partial charge in [0.15, 0.2) is 11.6 Å². The van der Waals surface area contributed by atoms with Gasteiger partial charge >= 0.3 is 0 Å². The lowest BCUT2D eigenvalue weighted by molar-refractivity contribution is 0.414. The second kappa shape index (κ2) is 9.70. The molecule has 1 aromatic heterocycles. The van der Waals surface area contributed by atoms with Gasteiger partial charge in [0.2, 0.25) is 0 Å². The molecule has 0 atom stereocenters. The number of nitrogens with zero attached hydrogens (tertiary/aromatic N) is 5. The molecule has 134 valence electrons. The summed E-state index contributed by atoms with van der Waals surface area (Å²) in [5.74, 6) is 1.84. The zero-order chi connectivity index (χ0) is 18.8. The van der Waals surface area contributed by atoms with Gasteiger partial charge in [-0.2, -0.15) is 10.5 Å². The summed E-state index contributed by atoms with van der Waals surface area (Å²) < 4.78 is 5.15. The van der Waals surface area contributed by atoms with Gasteiger partial charge in [-0.05, 0) is 17.7 Å². The first-order chi connectivity index (χ1) is 12.7. The first-order valence-corrected chi connectivity index (χ1v) is 8.15. The van der Waals surface area contributed by atoms with Crippen LogP contribution in [0.4, 0.5) is 17.3 Å². The zero-order valence-corrected chi connectivity index (χ0v) is 14.6. The molecule has 0 amide bonds. The van der Waals surface area contributed by atoms with Crippen molar-refractivity contribution in [2.24, 2.45) is 0 Å². The maximum absolute atomic E-state index is 8.83. The van der Waals surface area contributed by atoms with E-state index >= 15 is 0 Å². The van der Waals surface area contributed by atoms with Gasteiger partial charge in [-0.3, -0.25) is 0 Å². The molecular weight excluding hydrogens is 330 g/mol. The third-order valence-electron chi connectivity index (χ3n) is 3.77. The van der Waals surface area contributed by atoms with Crippen molar-refractivity contribution >= 4 is 17.3 Å². The fraction of sp³-hybridized carbons (Fsp3) is 0.333. The summed E-state index contributed by atoms with van der Waals surface area (Å²) in [5, 5.41) is 20.9. The molecule has 8 heteroatoms. The van der Waals surface area contributed by atoms with E-state index in [1.807, 2.05) is 29.2 Å². The van der Waals surface area contributed by atoms with E-state index in [0.717, 1.165) is 11.3 Å². The Morgan fingerprint density at radius 3 is 2.35 bits per heavy atom. The van der Waals surface area contributed by atoms with Gasteiger partial charge in [0.25, 0.3) is 0 Å². The van der Waals surface area contributed by atoms with Crippen molar-refractivity contribution in [3.63, 3.8) is 0 Å². The lowest BCUT2D eigenvalue weighted by Gasteiger charge is -2.23. The monoisotopic (exact) mass is 351 g/mol. The van der Waals surface area contributed by atoms with Gasteiger partial charge in [0.1, 0.15) is 17.8 Å². The molecule has 2 rings (SSSR count). The molecule has 26 heavy (non-hydrogen) atoms. The average molecular weight is 351 g/mol. The zero-order valence-electron chi connectivity index (χ0n) is 14.6. The smallest absolute Gasteiger partial charge is 0.157 e. The van der Waals surface area contributed by atoms with Gasteiger partial charge < -0.3 is 20.7 Å². The summed E-state index contributed by atoms with van der Waals surface area (Å²) in [4.78, 5) is 10.3. The number of rotatable bonds is 9. The van der Waals surface area contributed by atoms with E-state index in [2.05, 4.69) is 27.4 Å². The van der Waals surface area contributed by atoms with Crippen LogP contribution >= 0.6 is 0 Å². The predicted molar refractivity (Wildman–Crippen MR) is 99.4 cm³/mol. The van der Waals surface area contributed by atoms with Crippen molar-refractivity contribution in [2.75, 3.05) is 36.1 Å². The Kier molecular flexibility index (Phi) is 7.02. The van der Waals surface area contributed by atoms with Gasteiger partial charge in [-0.1, -0.05) is 12.1 Å². The Morgan fingerprint density at radius 1 is 1.12 bits per heavy atom. The number of nitriles is 2. The van der Waals surface area contributed by atoms with Crippen LogP contribution in [0.25, 0.3) is 0 Å². The van der Waals surface area contributed by atoms with Crippen LogP contribution in [0.3, 0.4) is 0 Å². The van der Waals surface area contributed by atoms with Gasteiger partial charge in [0, 0.05) is 19.6 Å². The fourth-order valence-corrected chi connectivity index (χ4v) is 2.40. The van der Waals surface area contributed by atoms with E-state index in [-0.39, 0.29) is 0 Å². The molecule has 1 aromatic carbocycles. The Morgan fingerprint density at radius 2 is 1.77 bits per heavy atom. The molecule has 0 saturated heterocycles. The van der Waals surface area contributed by atoms with Crippen molar-refractivity contribution in [1.29, 1.82) is 10.5 Å². The Balaban J connectivity index is 2.13. The number of nitrogen functional groups attached to an aromatic ring is 1. The van der Waals surface area contributed by atoms with Crippen LogP contribution in [0.15, 0.2) is 30.6 Å². The van der Waals surface area contributed by atoms with Crippen LogP contribution in [0.5, 0.6) is 5.75 Å². The minimum absolute atomic E-state index is 0.323. The summed E-state index contributed by atoms with van der Waals surface area (Å²) >= 11 is 0. The van der Waals surface area contributed by atoms with E-state index < -0.39 is 0 Å². The minimum atomic E-state index is 0.323. The number of hydrogen-bond acceptors (Lipinski definition) is 8. The molecule has 3 N–H and O–H groups in total. The quantitative estimate of drug-likeness (QED) is 0.705. The maximum Gasteiger partial charge on any atom is 0.157 e. The molecular formula is C18H21N7O. The summed E-state index contributed by atoms with van der Waals surface area (Å²) in [7, 11) is 1.63. The second-order valence-electron chi connectivity index (χ2n) is 5.46. The minimum Gasteiger partial charge on any atom is -0.497 e. The largest absolute Gasteiger partial charge is 0.497 e. The number of nitrogens with one attached hydrogen (secondary N) is 1. The average Bonchev–Trinajstić information content (AvgIpc) is 2.68. The molecule has 0 unspecified atom stereocenters. The number of ether oxygens (including phenoxy) is 1.